The maximum atomic E-state index is 10.8. The zero-order chi connectivity index (χ0) is 7.61. The van der Waals surface area contributed by atoms with Gasteiger partial charge in [-0.2, -0.15) is 4.89 Å². The Morgan fingerprint density at radius 2 is 1.73 bits per heavy atom. The van der Waals surface area contributed by atoms with Gasteiger partial charge in [-0.25, -0.2) is 0 Å². The number of hydrogen-bond acceptors (Lipinski definition) is 1. The van der Waals surface area contributed by atoms with Crippen molar-refractivity contribution < 1.29 is 28.9 Å². The van der Waals surface area contributed by atoms with Crippen LogP contribution in [0.4, 0.5) is 0 Å². The van der Waals surface area contributed by atoms with Crippen LogP contribution < -0.4 is 0 Å². The van der Waals surface area contributed by atoms with Crippen molar-refractivity contribution >= 4 is 8.03 Å². The average molecular weight is 227 g/mol. The Bertz CT molecular complexity index is 143. The van der Waals surface area contributed by atoms with Gasteiger partial charge in [-0.05, 0) is 37.2 Å². The van der Waals surface area contributed by atoms with Crippen LogP contribution in [0.5, 0.6) is 0 Å². The summed E-state index contributed by atoms with van der Waals surface area (Å²) >= 11 is 0. The third kappa shape index (κ3) is 2.89. The Balaban J connectivity index is 0.000001000. The summed E-state index contributed by atoms with van der Waals surface area (Å²) in [5, 5.41) is -0.256. The van der Waals surface area contributed by atoms with Crippen molar-refractivity contribution in [3.05, 3.63) is 0 Å². The molecule has 1 fully saturated rings. The SMILES string of the molecule is CC1([P+](=O)O)CCCCC1.[Zn]. The van der Waals surface area contributed by atoms with Crippen LogP contribution >= 0.6 is 8.03 Å². The van der Waals surface area contributed by atoms with Crippen LogP contribution in [0.25, 0.3) is 0 Å². The predicted octanol–water partition coefficient (Wildman–Crippen LogP) is 2.44. The third-order valence-electron chi connectivity index (χ3n) is 2.39. The standard InChI is InChI=1S/C7H13O2P.Zn/c1-7(10(8)9)5-3-2-4-6-7;/h2-6H2,1H3;/p+1. The molecule has 0 aliphatic heterocycles. The van der Waals surface area contributed by atoms with Gasteiger partial charge in [0.2, 0.25) is 0 Å². The predicted molar refractivity (Wildman–Crippen MR) is 41.3 cm³/mol. The van der Waals surface area contributed by atoms with Gasteiger partial charge in [-0.1, -0.05) is 6.42 Å². The van der Waals surface area contributed by atoms with Gasteiger partial charge in [-0.15, -0.1) is 0 Å². The summed E-state index contributed by atoms with van der Waals surface area (Å²) in [6, 6.07) is 0. The van der Waals surface area contributed by atoms with Crippen LogP contribution in [0.2, 0.25) is 0 Å². The zero-order valence-electron chi connectivity index (χ0n) is 7.05. The van der Waals surface area contributed by atoms with Crippen molar-refractivity contribution in [1.29, 1.82) is 0 Å². The van der Waals surface area contributed by atoms with Gasteiger partial charge in [0.05, 0.1) is 0 Å². The second-order valence-corrected chi connectivity index (χ2v) is 4.96. The van der Waals surface area contributed by atoms with Gasteiger partial charge in [0.15, 0.2) is 5.16 Å². The van der Waals surface area contributed by atoms with E-state index >= 15 is 0 Å². The average Bonchev–Trinajstić information content (AvgIpc) is 1.89. The van der Waals surface area contributed by atoms with Gasteiger partial charge < -0.3 is 0 Å². The molecule has 0 radical (unpaired) electrons. The Hall–Kier alpha value is 0.683. The van der Waals surface area contributed by atoms with Gasteiger partial charge in [0.25, 0.3) is 0 Å². The van der Waals surface area contributed by atoms with E-state index in [1.54, 1.807) is 0 Å². The molecule has 1 atom stereocenters. The smallest absolute Gasteiger partial charge is 0.160 e. The first-order chi connectivity index (χ1) is 4.65. The molecule has 60 valence electrons. The molecule has 1 aliphatic carbocycles. The van der Waals surface area contributed by atoms with Crippen molar-refractivity contribution in [2.75, 3.05) is 0 Å². The van der Waals surface area contributed by atoms with Gasteiger partial charge in [0.1, 0.15) is 0 Å². The molecule has 1 aliphatic rings. The first-order valence-electron chi connectivity index (χ1n) is 3.81. The van der Waals surface area contributed by atoms with Crippen LogP contribution in [0.1, 0.15) is 39.0 Å². The summed E-state index contributed by atoms with van der Waals surface area (Å²) in [5.74, 6) is 0. The number of rotatable bonds is 1. The summed E-state index contributed by atoms with van der Waals surface area (Å²) in [7, 11) is -1.95. The van der Waals surface area contributed by atoms with Crippen molar-refractivity contribution in [2.45, 2.75) is 44.2 Å². The summed E-state index contributed by atoms with van der Waals surface area (Å²) < 4.78 is 10.8. The van der Waals surface area contributed by atoms with E-state index in [1.165, 1.54) is 6.42 Å². The molecule has 1 unspecified atom stereocenters. The molecule has 2 nitrogen and oxygen atoms in total. The molecule has 0 spiro atoms. The van der Waals surface area contributed by atoms with Gasteiger partial charge >= 0.3 is 8.03 Å². The fourth-order valence-corrected chi connectivity index (χ4v) is 2.20. The quantitative estimate of drug-likeness (QED) is 0.551. The molecule has 0 amide bonds. The van der Waals surface area contributed by atoms with Crippen LogP contribution in [-0.2, 0) is 24.0 Å². The minimum atomic E-state index is -1.95. The zero-order valence-corrected chi connectivity index (χ0v) is 10.9. The maximum Gasteiger partial charge on any atom is 0.511 e. The maximum absolute atomic E-state index is 10.8. The monoisotopic (exact) mass is 225 g/mol. The van der Waals surface area contributed by atoms with Crippen molar-refractivity contribution in [2.24, 2.45) is 0 Å². The molecule has 11 heavy (non-hydrogen) atoms. The first-order valence-corrected chi connectivity index (χ1v) is 5.03. The fourth-order valence-electron chi connectivity index (χ4n) is 1.50. The molecule has 0 aromatic rings. The van der Waals surface area contributed by atoms with E-state index in [-0.39, 0.29) is 24.6 Å². The Labute approximate surface area is 81.4 Å². The van der Waals surface area contributed by atoms with E-state index in [0.29, 0.717) is 0 Å². The fraction of sp³-hybridized carbons (Fsp3) is 1.00. The second-order valence-electron chi connectivity index (χ2n) is 3.33. The molecule has 0 bridgehead atoms. The van der Waals surface area contributed by atoms with Crippen LogP contribution in [0, 0.1) is 0 Å². The Morgan fingerprint density at radius 1 is 1.27 bits per heavy atom. The van der Waals surface area contributed by atoms with Gasteiger partial charge in [-0.3, -0.25) is 0 Å². The van der Waals surface area contributed by atoms with E-state index in [4.69, 9.17) is 4.89 Å². The molecule has 0 saturated heterocycles. The first kappa shape index (κ1) is 11.7. The van der Waals surface area contributed by atoms with E-state index in [2.05, 4.69) is 0 Å². The Kier molecular flexibility index (Phi) is 4.93. The molecule has 0 aromatic heterocycles. The normalized spacial score (nSPS) is 23.6. The molecule has 4 heteroatoms. The molecule has 0 heterocycles. The van der Waals surface area contributed by atoms with Gasteiger partial charge in [0, 0.05) is 19.5 Å². The molecule has 1 saturated carbocycles. The number of hydrogen-bond donors (Lipinski definition) is 1. The minimum absolute atomic E-state index is 0. The van der Waals surface area contributed by atoms with E-state index in [1.807, 2.05) is 6.92 Å². The van der Waals surface area contributed by atoms with Crippen LogP contribution in [0.15, 0.2) is 0 Å². The van der Waals surface area contributed by atoms with E-state index in [9.17, 15) is 4.57 Å². The van der Waals surface area contributed by atoms with E-state index < -0.39 is 8.03 Å². The molecule has 1 N–H and O–H groups in total. The molecule has 1 rings (SSSR count). The Morgan fingerprint density at radius 3 is 2.00 bits per heavy atom. The van der Waals surface area contributed by atoms with Crippen molar-refractivity contribution in [3.63, 3.8) is 0 Å². The summed E-state index contributed by atoms with van der Waals surface area (Å²) in [4.78, 5) is 8.95. The molecular formula is C7H14O2PZn+. The summed E-state index contributed by atoms with van der Waals surface area (Å²) in [5.41, 5.74) is 0. The van der Waals surface area contributed by atoms with E-state index in [0.717, 1.165) is 25.7 Å². The largest absolute Gasteiger partial charge is 0.511 e. The van der Waals surface area contributed by atoms with Crippen LogP contribution in [0.3, 0.4) is 0 Å². The van der Waals surface area contributed by atoms with Crippen molar-refractivity contribution in [3.8, 4) is 0 Å². The summed E-state index contributed by atoms with van der Waals surface area (Å²) in [6.45, 7) is 1.92. The van der Waals surface area contributed by atoms with Crippen molar-refractivity contribution in [1.82, 2.24) is 0 Å². The third-order valence-corrected chi connectivity index (χ3v) is 3.76. The molecular weight excluding hydrogens is 212 g/mol. The topological polar surface area (TPSA) is 37.3 Å². The minimum Gasteiger partial charge on any atom is -0.160 e. The summed E-state index contributed by atoms with van der Waals surface area (Å²) in [6.07, 6.45) is 5.34. The second kappa shape index (κ2) is 4.65. The molecule has 0 aromatic carbocycles. The van der Waals surface area contributed by atoms with Crippen LogP contribution in [-0.4, -0.2) is 10.0 Å².